The van der Waals surface area contributed by atoms with E-state index in [4.69, 9.17) is 9.72 Å². The summed E-state index contributed by atoms with van der Waals surface area (Å²) < 4.78 is 6.06. The van der Waals surface area contributed by atoms with Crippen molar-refractivity contribution in [3.63, 3.8) is 0 Å². The second kappa shape index (κ2) is 9.16. The Balaban J connectivity index is 1.42. The van der Waals surface area contributed by atoms with Crippen LogP contribution in [0.3, 0.4) is 0 Å². The predicted molar refractivity (Wildman–Crippen MR) is 122 cm³/mol. The van der Waals surface area contributed by atoms with Crippen molar-refractivity contribution in [2.45, 2.75) is 31.8 Å². The van der Waals surface area contributed by atoms with Crippen LogP contribution < -0.4 is 0 Å². The Hall–Kier alpha value is -2.51. The normalized spacial score (nSPS) is 23.1. The minimum atomic E-state index is -0.308. The number of benzene rings is 1. The summed E-state index contributed by atoms with van der Waals surface area (Å²) >= 11 is 0. The van der Waals surface area contributed by atoms with Gasteiger partial charge < -0.3 is 19.4 Å². The van der Waals surface area contributed by atoms with Crippen LogP contribution in [0.25, 0.3) is 10.9 Å². The number of piperazine rings is 1. The summed E-state index contributed by atoms with van der Waals surface area (Å²) in [6, 6.07) is 9.71. The highest BCUT2D eigenvalue weighted by Crippen LogP contribution is 2.30. The number of carbonyl (C=O) groups is 2. The van der Waals surface area contributed by atoms with Gasteiger partial charge in [0, 0.05) is 44.0 Å². The van der Waals surface area contributed by atoms with E-state index < -0.39 is 0 Å². The molecule has 0 radical (unpaired) electrons. The first-order chi connectivity index (χ1) is 15.6. The van der Waals surface area contributed by atoms with Crippen LogP contribution in [0.1, 0.15) is 47.8 Å². The molecule has 1 aromatic carbocycles. The molecule has 32 heavy (non-hydrogen) atoms. The maximum atomic E-state index is 13.5. The van der Waals surface area contributed by atoms with Crippen molar-refractivity contribution >= 4 is 22.7 Å². The number of hydrogen-bond donors (Lipinski definition) is 0. The van der Waals surface area contributed by atoms with E-state index in [2.05, 4.69) is 11.9 Å². The van der Waals surface area contributed by atoms with Gasteiger partial charge in [0.15, 0.2) is 0 Å². The zero-order chi connectivity index (χ0) is 22.1. The van der Waals surface area contributed by atoms with Crippen LogP contribution in [-0.2, 0) is 9.53 Å². The fraction of sp³-hybridized carbons (Fsp3) is 0.560. The first-order valence-corrected chi connectivity index (χ1v) is 11.9. The molecule has 2 saturated heterocycles. The standard InChI is InChI=1S/C25H32N4O3/c1-27-10-12-28(13-11-27)25(31)20-16-22(26-21-9-5-4-8-19(20)21)23-17-29(14-15-32-23)24(30)18-6-2-3-7-18/h4-5,8-9,16,18,23H,2-3,6-7,10-15,17H2,1H3/t23-/m0/s1. The van der Waals surface area contributed by atoms with Crippen molar-refractivity contribution in [2.75, 3.05) is 52.9 Å². The molecule has 1 aromatic heterocycles. The fourth-order valence-corrected chi connectivity index (χ4v) is 5.18. The van der Waals surface area contributed by atoms with Gasteiger partial charge in [-0.05, 0) is 32.0 Å². The molecule has 2 aromatic rings. The van der Waals surface area contributed by atoms with Gasteiger partial charge in [0.25, 0.3) is 5.91 Å². The molecule has 0 bridgehead atoms. The quantitative estimate of drug-likeness (QED) is 0.740. The molecule has 0 spiro atoms. The lowest BCUT2D eigenvalue weighted by atomic mass is 10.0. The summed E-state index contributed by atoms with van der Waals surface area (Å²) in [7, 11) is 2.08. The van der Waals surface area contributed by atoms with Crippen LogP contribution in [0.5, 0.6) is 0 Å². The van der Waals surface area contributed by atoms with E-state index in [1.165, 1.54) is 0 Å². The van der Waals surface area contributed by atoms with Crippen LogP contribution in [0.2, 0.25) is 0 Å². The molecule has 2 amide bonds. The van der Waals surface area contributed by atoms with E-state index in [0.29, 0.717) is 25.3 Å². The molecule has 3 fully saturated rings. The van der Waals surface area contributed by atoms with Gasteiger partial charge in [0.05, 0.1) is 29.9 Å². The van der Waals surface area contributed by atoms with E-state index in [1.807, 2.05) is 40.1 Å². The average molecular weight is 437 g/mol. The number of pyridine rings is 1. The number of amides is 2. The Kier molecular flexibility index (Phi) is 6.11. The van der Waals surface area contributed by atoms with Crippen molar-refractivity contribution in [3.05, 3.63) is 41.6 Å². The zero-order valence-corrected chi connectivity index (χ0v) is 18.8. The van der Waals surface area contributed by atoms with Gasteiger partial charge in [-0.1, -0.05) is 31.0 Å². The summed E-state index contributed by atoms with van der Waals surface area (Å²) in [5.41, 5.74) is 2.22. The van der Waals surface area contributed by atoms with Crippen molar-refractivity contribution in [2.24, 2.45) is 5.92 Å². The number of aromatic nitrogens is 1. The maximum absolute atomic E-state index is 13.5. The zero-order valence-electron chi connectivity index (χ0n) is 18.8. The number of fused-ring (bicyclic) bond motifs is 1. The van der Waals surface area contributed by atoms with E-state index in [1.54, 1.807) is 0 Å². The van der Waals surface area contributed by atoms with Gasteiger partial charge in [0.1, 0.15) is 6.10 Å². The van der Waals surface area contributed by atoms with Gasteiger partial charge in [0.2, 0.25) is 5.91 Å². The number of likely N-dealkylation sites (N-methyl/N-ethyl adjacent to an activating group) is 1. The monoisotopic (exact) mass is 436 g/mol. The third-order valence-corrected chi connectivity index (χ3v) is 7.17. The Bertz CT molecular complexity index is 996. The summed E-state index contributed by atoms with van der Waals surface area (Å²) in [6.07, 6.45) is 3.98. The molecule has 170 valence electrons. The van der Waals surface area contributed by atoms with Crippen molar-refractivity contribution < 1.29 is 14.3 Å². The van der Waals surface area contributed by atoms with Gasteiger partial charge in [-0.15, -0.1) is 0 Å². The molecule has 0 unspecified atom stereocenters. The first-order valence-electron chi connectivity index (χ1n) is 11.9. The van der Waals surface area contributed by atoms with Gasteiger partial charge in [-0.25, -0.2) is 4.98 Å². The lowest BCUT2D eigenvalue weighted by molar-refractivity contribution is -0.143. The number of morpholine rings is 1. The molecule has 1 atom stereocenters. The average Bonchev–Trinajstić information content (AvgIpc) is 3.38. The molecule has 1 saturated carbocycles. The molecule has 3 heterocycles. The lowest BCUT2D eigenvalue weighted by Crippen LogP contribution is -2.47. The molecule has 0 N–H and O–H groups in total. The van der Waals surface area contributed by atoms with Crippen LogP contribution >= 0.6 is 0 Å². The molecule has 7 nitrogen and oxygen atoms in total. The molecular weight excluding hydrogens is 404 g/mol. The highest BCUT2D eigenvalue weighted by molar-refractivity contribution is 6.06. The van der Waals surface area contributed by atoms with Crippen LogP contribution in [0.4, 0.5) is 0 Å². The summed E-state index contributed by atoms with van der Waals surface area (Å²) in [5.74, 6) is 0.464. The number of carbonyl (C=O) groups excluding carboxylic acids is 2. The SMILES string of the molecule is CN1CCN(C(=O)c2cc([C@@H]3CN(C(=O)C4CCCC4)CCO3)nc3ccccc23)CC1. The summed E-state index contributed by atoms with van der Waals surface area (Å²) in [6.45, 7) is 4.85. The van der Waals surface area contributed by atoms with Gasteiger partial charge in [-0.3, -0.25) is 9.59 Å². The third-order valence-electron chi connectivity index (χ3n) is 7.17. The molecule has 2 aliphatic heterocycles. The topological polar surface area (TPSA) is 66.0 Å². The summed E-state index contributed by atoms with van der Waals surface area (Å²) in [4.78, 5) is 37.4. The lowest BCUT2D eigenvalue weighted by Gasteiger charge is -2.35. The van der Waals surface area contributed by atoms with Crippen molar-refractivity contribution in [1.29, 1.82) is 0 Å². The number of ether oxygens (including phenoxy) is 1. The maximum Gasteiger partial charge on any atom is 0.254 e. The molecule has 5 rings (SSSR count). The van der Waals surface area contributed by atoms with E-state index in [9.17, 15) is 9.59 Å². The molecule has 3 aliphatic rings. The predicted octanol–water partition coefficient (Wildman–Crippen LogP) is 2.71. The Morgan fingerprint density at radius 3 is 2.53 bits per heavy atom. The number of hydrogen-bond acceptors (Lipinski definition) is 5. The van der Waals surface area contributed by atoms with E-state index in [0.717, 1.165) is 68.5 Å². The Morgan fingerprint density at radius 1 is 1.00 bits per heavy atom. The Morgan fingerprint density at radius 2 is 1.75 bits per heavy atom. The van der Waals surface area contributed by atoms with Crippen LogP contribution in [0.15, 0.2) is 30.3 Å². The van der Waals surface area contributed by atoms with Gasteiger partial charge >= 0.3 is 0 Å². The van der Waals surface area contributed by atoms with E-state index in [-0.39, 0.29) is 23.8 Å². The molecule has 7 heteroatoms. The second-order valence-electron chi connectivity index (χ2n) is 9.33. The third kappa shape index (κ3) is 4.24. The van der Waals surface area contributed by atoms with Crippen molar-refractivity contribution in [3.8, 4) is 0 Å². The number of para-hydroxylation sites is 1. The molecule has 1 aliphatic carbocycles. The first kappa shape index (κ1) is 21.3. The Labute approximate surface area is 189 Å². The summed E-state index contributed by atoms with van der Waals surface area (Å²) in [5, 5.41) is 0.870. The second-order valence-corrected chi connectivity index (χ2v) is 9.33. The van der Waals surface area contributed by atoms with Crippen LogP contribution in [0, 0.1) is 5.92 Å². The minimum Gasteiger partial charge on any atom is -0.368 e. The largest absolute Gasteiger partial charge is 0.368 e. The number of rotatable bonds is 3. The fourth-order valence-electron chi connectivity index (χ4n) is 5.18. The van der Waals surface area contributed by atoms with Gasteiger partial charge in [-0.2, -0.15) is 0 Å². The van der Waals surface area contributed by atoms with Crippen molar-refractivity contribution in [1.82, 2.24) is 19.7 Å². The molecular formula is C25H32N4O3. The van der Waals surface area contributed by atoms with E-state index >= 15 is 0 Å². The smallest absolute Gasteiger partial charge is 0.254 e. The number of nitrogens with zero attached hydrogens (tertiary/aromatic N) is 4. The van der Waals surface area contributed by atoms with Crippen LogP contribution in [-0.4, -0.2) is 84.4 Å². The highest BCUT2D eigenvalue weighted by atomic mass is 16.5. The minimum absolute atomic E-state index is 0.0487. The highest BCUT2D eigenvalue weighted by Gasteiger charge is 2.33.